The molecular formula is C13H15Cl2NO4S. The lowest BCUT2D eigenvalue weighted by atomic mass is 10.1. The van der Waals surface area contributed by atoms with Gasteiger partial charge in [0.2, 0.25) is 0 Å². The molecule has 0 spiro atoms. The minimum atomic E-state index is -1.13. The van der Waals surface area contributed by atoms with Gasteiger partial charge in [-0.25, -0.2) is 4.79 Å². The Hall–Kier alpha value is -0.950. The van der Waals surface area contributed by atoms with Gasteiger partial charge in [0.1, 0.15) is 6.04 Å². The smallest absolute Gasteiger partial charge is 0.326 e. The molecule has 116 valence electrons. The second kappa shape index (κ2) is 8.48. The van der Waals surface area contributed by atoms with Crippen molar-refractivity contribution >= 4 is 46.8 Å². The largest absolute Gasteiger partial charge is 0.480 e. The predicted molar refractivity (Wildman–Crippen MR) is 83.6 cm³/mol. The molecule has 0 aliphatic carbocycles. The number of carbonyl (C=O) groups is 2. The molecule has 1 aromatic rings. The van der Waals surface area contributed by atoms with Gasteiger partial charge in [0, 0.05) is 25.0 Å². The number of hydrogen-bond donors (Lipinski definition) is 2. The van der Waals surface area contributed by atoms with E-state index in [1.165, 1.54) is 24.9 Å². The van der Waals surface area contributed by atoms with Gasteiger partial charge in [-0.05, 0) is 18.4 Å². The fraction of sp³-hybridized carbons (Fsp3) is 0.385. The van der Waals surface area contributed by atoms with Crippen LogP contribution >= 0.6 is 35.0 Å². The van der Waals surface area contributed by atoms with Crippen molar-refractivity contribution < 1.29 is 19.4 Å². The van der Waals surface area contributed by atoms with Crippen molar-refractivity contribution in [3.8, 4) is 0 Å². The minimum Gasteiger partial charge on any atom is -0.480 e. The minimum absolute atomic E-state index is 0.165. The lowest BCUT2D eigenvalue weighted by molar-refractivity contribution is -0.139. The zero-order chi connectivity index (χ0) is 16.0. The molecule has 0 aliphatic rings. The number of carboxylic acid groups (broad SMARTS) is 1. The van der Waals surface area contributed by atoms with E-state index in [0.29, 0.717) is 9.92 Å². The van der Waals surface area contributed by atoms with Crippen LogP contribution in [0.5, 0.6) is 0 Å². The number of nitrogens with one attached hydrogen (secondary N) is 1. The number of hydrogen-bond acceptors (Lipinski definition) is 4. The SMILES string of the molecule is COCCC(NC(=O)c1cc(SC)c(Cl)cc1Cl)C(=O)O. The lowest BCUT2D eigenvalue weighted by Gasteiger charge is -2.15. The first kappa shape index (κ1) is 18.1. The van der Waals surface area contributed by atoms with Crippen LogP contribution in [0, 0.1) is 0 Å². The van der Waals surface area contributed by atoms with E-state index in [1.54, 1.807) is 6.07 Å². The van der Waals surface area contributed by atoms with E-state index < -0.39 is 17.9 Å². The molecule has 1 amide bonds. The van der Waals surface area contributed by atoms with Gasteiger partial charge < -0.3 is 15.2 Å². The number of aliphatic carboxylic acids is 1. The van der Waals surface area contributed by atoms with Crippen molar-refractivity contribution in [1.82, 2.24) is 5.32 Å². The van der Waals surface area contributed by atoms with E-state index in [4.69, 9.17) is 33.0 Å². The molecule has 0 radical (unpaired) electrons. The average Bonchev–Trinajstić information content (AvgIpc) is 2.43. The van der Waals surface area contributed by atoms with E-state index in [-0.39, 0.29) is 23.6 Å². The molecule has 0 fully saturated rings. The number of carbonyl (C=O) groups excluding carboxylic acids is 1. The molecule has 1 aromatic carbocycles. The van der Waals surface area contributed by atoms with Gasteiger partial charge in [0.15, 0.2) is 0 Å². The number of amides is 1. The molecule has 2 N–H and O–H groups in total. The molecule has 0 bridgehead atoms. The number of carboxylic acids is 1. The Morgan fingerprint density at radius 3 is 2.57 bits per heavy atom. The van der Waals surface area contributed by atoms with Gasteiger partial charge in [-0.1, -0.05) is 23.2 Å². The molecule has 1 unspecified atom stereocenters. The molecule has 8 heteroatoms. The molecule has 0 heterocycles. The van der Waals surface area contributed by atoms with Gasteiger partial charge in [0.05, 0.1) is 15.6 Å². The summed E-state index contributed by atoms with van der Waals surface area (Å²) in [4.78, 5) is 24.0. The number of benzene rings is 1. The normalized spacial score (nSPS) is 12.0. The zero-order valence-corrected chi connectivity index (χ0v) is 13.8. The number of rotatable bonds is 7. The maximum absolute atomic E-state index is 12.2. The van der Waals surface area contributed by atoms with Crippen molar-refractivity contribution in [3.05, 3.63) is 27.7 Å². The molecule has 1 rings (SSSR count). The summed E-state index contributed by atoms with van der Waals surface area (Å²) in [7, 11) is 1.46. The van der Waals surface area contributed by atoms with Crippen molar-refractivity contribution in [2.45, 2.75) is 17.4 Å². The summed E-state index contributed by atoms with van der Waals surface area (Å²) in [5.74, 6) is -1.69. The van der Waals surface area contributed by atoms with Gasteiger partial charge in [-0.15, -0.1) is 11.8 Å². The number of thioether (sulfide) groups is 1. The highest BCUT2D eigenvalue weighted by Gasteiger charge is 2.22. The summed E-state index contributed by atoms with van der Waals surface area (Å²) in [6, 6.07) is 1.97. The maximum atomic E-state index is 12.2. The predicted octanol–water partition coefficient (Wildman–Crippen LogP) is 2.93. The molecule has 21 heavy (non-hydrogen) atoms. The van der Waals surface area contributed by atoms with Gasteiger partial charge in [-0.2, -0.15) is 0 Å². The first-order valence-corrected chi connectivity index (χ1v) is 7.94. The summed E-state index contributed by atoms with van der Waals surface area (Å²) >= 11 is 13.3. The van der Waals surface area contributed by atoms with E-state index >= 15 is 0 Å². The Bertz CT molecular complexity index is 539. The number of ether oxygens (including phenoxy) is 1. The van der Waals surface area contributed by atoms with Crippen LogP contribution < -0.4 is 5.32 Å². The van der Waals surface area contributed by atoms with E-state index in [9.17, 15) is 9.59 Å². The molecule has 0 aliphatic heterocycles. The number of halogens is 2. The van der Waals surface area contributed by atoms with Crippen LogP contribution in [-0.2, 0) is 9.53 Å². The quantitative estimate of drug-likeness (QED) is 0.738. The Labute approximate surface area is 136 Å². The summed E-state index contributed by atoms with van der Waals surface area (Å²) in [6.07, 6.45) is 1.98. The van der Waals surface area contributed by atoms with Gasteiger partial charge in [-0.3, -0.25) is 4.79 Å². The molecular weight excluding hydrogens is 337 g/mol. The third-order valence-electron chi connectivity index (χ3n) is 2.70. The monoisotopic (exact) mass is 351 g/mol. The van der Waals surface area contributed by atoms with Crippen LogP contribution in [0.4, 0.5) is 0 Å². The van der Waals surface area contributed by atoms with Crippen LogP contribution in [0.1, 0.15) is 16.8 Å². The summed E-state index contributed by atoms with van der Waals surface area (Å²) in [5.41, 5.74) is 0.189. The highest BCUT2D eigenvalue weighted by Crippen LogP contribution is 2.31. The second-order valence-corrected chi connectivity index (χ2v) is 5.77. The Morgan fingerprint density at radius 1 is 1.38 bits per heavy atom. The van der Waals surface area contributed by atoms with Gasteiger partial charge >= 0.3 is 5.97 Å². The fourth-order valence-corrected chi connectivity index (χ4v) is 2.78. The highest BCUT2D eigenvalue weighted by molar-refractivity contribution is 7.98. The van der Waals surface area contributed by atoms with Crippen molar-refractivity contribution in [2.75, 3.05) is 20.0 Å². The van der Waals surface area contributed by atoms with Gasteiger partial charge in [0.25, 0.3) is 5.91 Å². The fourth-order valence-electron chi connectivity index (χ4n) is 1.59. The topological polar surface area (TPSA) is 75.6 Å². The summed E-state index contributed by atoms with van der Waals surface area (Å²) in [6.45, 7) is 0.224. The van der Waals surface area contributed by atoms with Crippen molar-refractivity contribution in [1.29, 1.82) is 0 Å². The molecule has 0 saturated carbocycles. The van der Waals surface area contributed by atoms with Crippen LogP contribution in [0.15, 0.2) is 17.0 Å². The standard InChI is InChI=1S/C13H15Cl2NO4S/c1-20-4-3-10(13(18)19)16-12(17)7-5-11(21-2)9(15)6-8(7)14/h5-6,10H,3-4H2,1-2H3,(H,16,17)(H,18,19). The lowest BCUT2D eigenvalue weighted by Crippen LogP contribution is -2.41. The Morgan fingerprint density at radius 2 is 2.05 bits per heavy atom. The van der Waals surface area contributed by atoms with Crippen molar-refractivity contribution in [3.63, 3.8) is 0 Å². The highest BCUT2D eigenvalue weighted by atomic mass is 35.5. The van der Waals surface area contributed by atoms with Crippen LogP contribution in [0.3, 0.4) is 0 Å². The molecule has 0 saturated heterocycles. The summed E-state index contributed by atoms with van der Waals surface area (Å²) < 4.78 is 4.82. The molecule has 0 aromatic heterocycles. The first-order valence-electron chi connectivity index (χ1n) is 5.96. The zero-order valence-electron chi connectivity index (χ0n) is 11.5. The van der Waals surface area contributed by atoms with Crippen LogP contribution in [0.2, 0.25) is 10.0 Å². The summed E-state index contributed by atoms with van der Waals surface area (Å²) in [5, 5.41) is 12.1. The van der Waals surface area contributed by atoms with E-state index in [0.717, 1.165) is 0 Å². The maximum Gasteiger partial charge on any atom is 0.326 e. The van der Waals surface area contributed by atoms with Crippen molar-refractivity contribution in [2.24, 2.45) is 0 Å². The molecule has 1 atom stereocenters. The van der Waals surface area contributed by atoms with Crippen LogP contribution in [0.25, 0.3) is 0 Å². The average molecular weight is 352 g/mol. The van der Waals surface area contributed by atoms with E-state index in [1.807, 2.05) is 6.26 Å². The van der Waals surface area contributed by atoms with E-state index in [2.05, 4.69) is 5.32 Å². The van der Waals surface area contributed by atoms with Crippen LogP contribution in [-0.4, -0.2) is 43.0 Å². The Balaban J connectivity index is 2.94. The third-order valence-corrected chi connectivity index (χ3v) is 4.22. The first-order chi connectivity index (χ1) is 9.90. The molecule has 5 nitrogen and oxygen atoms in total. The number of methoxy groups -OCH3 is 1. The third kappa shape index (κ3) is 5.07. The Kier molecular flexibility index (Phi) is 7.31. The second-order valence-electron chi connectivity index (χ2n) is 4.11.